The maximum absolute atomic E-state index is 11.9. The van der Waals surface area contributed by atoms with E-state index in [1.165, 1.54) is 12.8 Å². The molecule has 0 radical (unpaired) electrons. The summed E-state index contributed by atoms with van der Waals surface area (Å²) in [6.45, 7) is 11.8. The van der Waals surface area contributed by atoms with E-state index in [0.717, 1.165) is 26.2 Å². The first-order valence-electron chi connectivity index (χ1n) is 7.07. The van der Waals surface area contributed by atoms with E-state index >= 15 is 0 Å². The highest BCUT2D eigenvalue weighted by molar-refractivity contribution is 9.09. The lowest BCUT2D eigenvalue weighted by atomic mass is 9.88. The molecule has 0 bridgehead atoms. The second kappa shape index (κ2) is 5.24. The molecule has 0 spiro atoms. The van der Waals surface area contributed by atoms with Gasteiger partial charge in [-0.15, -0.1) is 0 Å². The van der Waals surface area contributed by atoms with Crippen LogP contribution in [0.4, 0.5) is 4.79 Å². The molecule has 0 aromatic heterocycles. The Balaban J connectivity index is 1.82. The number of carbonyl (C=O) groups is 1. The third-order valence-electron chi connectivity index (χ3n) is 3.90. The molecule has 0 aliphatic carbocycles. The van der Waals surface area contributed by atoms with Gasteiger partial charge in [-0.3, -0.25) is 4.90 Å². The Labute approximate surface area is 124 Å². The first-order valence-corrected chi connectivity index (χ1v) is 7.98. The van der Waals surface area contributed by atoms with E-state index < -0.39 is 5.60 Å². The highest BCUT2D eigenvalue weighted by Gasteiger charge is 2.47. The molecule has 19 heavy (non-hydrogen) atoms. The Morgan fingerprint density at radius 2 is 1.79 bits per heavy atom. The summed E-state index contributed by atoms with van der Waals surface area (Å²) in [5.41, 5.74) is -0.262. The molecule has 2 aliphatic heterocycles. The molecule has 2 aliphatic rings. The van der Waals surface area contributed by atoms with Crippen LogP contribution in [0, 0.1) is 0 Å². The van der Waals surface area contributed by atoms with E-state index in [4.69, 9.17) is 4.74 Å². The predicted molar refractivity (Wildman–Crippen MR) is 79.7 cm³/mol. The number of amides is 1. The summed E-state index contributed by atoms with van der Waals surface area (Å²) in [5, 5.41) is 0. The zero-order valence-corrected chi connectivity index (χ0v) is 14.0. The van der Waals surface area contributed by atoms with Gasteiger partial charge < -0.3 is 9.64 Å². The number of hydrogen-bond donors (Lipinski definition) is 0. The van der Waals surface area contributed by atoms with Gasteiger partial charge in [0, 0.05) is 17.9 Å². The lowest BCUT2D eigenvalue weighted by Gasteiger charge is -2.55. The van der Waals surface area contributed by atoms with Gasteiger partial charge in [-0.05, 0) is 53.6 Å². The molecule has 5 heteroatoms. The Morgan fingerprint density at radius 3 is 2.26 bits per heavy atom. The van der Waals surface area contributed by atoms with Crippen LogP contribution in [-0.2, 0) is 4.74 Å². The number of likely N-dealkylation sites (tertiary alicyclic amines) is 2. The van der Waals surface area contributed by atoms with Crippen molar-refractivity contribution in [2.24, 2.45) is 0 Å². The SMILES string of the molecule is CC(C)(C)OC(=O)N1CC(C)(N2CCC(Br)CC2)C1. The molecule has 2 saturated heterocycles. The average molecular weight is 333 g/mol. The number of rotatable bonds is 1. The Hall–Kier alpha value is -0.290. The summed E-state index contributed by atoms with van der Waals surface area (Å²) in [7, 11) is 0. The fourth-order valence-corrected chi connectivity index (χ4v) is 3.23. The van der Waals surface area contributed by atoms with Crippen LogP contribution in [0.15, 0.2) is 0 Å². The van der Waals surface area contributed by atoms with E-state index in [1.54, 1.807) is 0 Å². The van der Waals surface area contributed by atoms with E-state index in [2.05, 4.69) is 27.8 Å². The molecule has 2 heterocycles. The van der Waals surface area contributed by atoms with Crippen LogP contribution in [-0.4, -0.2) is 58.0 Å². The minimum atomic E-state index is -0.405. The first kappa shape index (κ1) is 15.1. The second-order valence-electron chi connectivity index (χ2n) is 7.00. The smallest absolute Gasteiger partial charge is 0.410 e. The van der Waals surface area contributed by atoms with Crippen LogP contribution in [0.2, 0.25) is 0 Å². The molecular formula is C14H25BrN2O2. The van der Waals surface area contributed by atoms with Crippen LogP contribution in [0.5, 0.6) is 0 Å². The Bertz CT molecular complexity index is 340. The zero-order valence-electron chi connectivity index (χ0n) is 12.4. The summed E-state index contributed by atoms with van der Waals surface area (Å²) in [5.74, 6) is 0. The third-order valence-corrected chi connectivity index (χ3v) is 4.82. The average Bonchev–Trinajstić information content (AvgIpc) is 2.23. The molecule has 110 valence electrons. The fourth-order valence-electron chi connectivity index (χ4n) is 2.82. The van der Waals surface area contributed by atoms with Crippen molar-refractivity contribution >= 4 is 22.0 Å². The molecule has 1 amide bonds. The summed E-state index contributed by atoms with van der Waals surface area (Å²) >= 11 is 3.68. The van der Waals surface area contributed by atoms with Gasteiger partial charge >= 0.3 is 6.09 Å². The first-order chi connectivity index (χ1) is 8.70. The van der Waals surface area contributed by atoms with Gasteiger partial charge in [0.25, 0.3) is 0 Å². The highest BCUT2D eigenvalue weighted by Crippen LogP contribution is 2.32. The minimum Gasteiger partial charge on any atom is -0.444 e. The molecule has 0 aromatic rings. The highest BCUT2D eigenvalue weighted by atomic mass is 79.9. The van der Waals surface area contributed by atoms with Crippen molar-refractivity contribution in [2.45, 2.75) is 56.5 Å². The van der Waals surface area contributed by atoms with Gasteiger partial charge in [-0.25, -0.2) is 4.79 Å². The monoisotopic (exact) mass is 332 g/mol. The van der Waals surface area contributed by atoms with Gasteiger partial charge in [-0.2, -0.15) is 0 Å². The van der Waals surface area contributed by atoms with Crippen molar-refractivity contribution in [2.75, 3.05) is 26.2 Å². The number of halogens is 1. The lowest BCUT2D eigenvalue weighted by molar-refractivity contribution is -0.0608. The van der Waals surface area contributed by atoms with E-state index in [-0.39, 0.29) is 11.6 Å². The topological polar surface area (TPSA) is 32.8 Å². The van der Waals surface area contributed by atoms with Gasteiger partial charge in [-0.1, -0.05) is 15.9 Å². The Kier molecular flexibility index (Phi) is 4.17. The second-order valence-corrected chi connectivity index (χ2v) is 8.29. The van der Waals surface area contributed by atoms with Gasteiger partial charge in [0.2, 0.25) is 0 Å². The molecule has 4 nitrogen and oxygen atoms in total. The molecule has 0 unspecified atom stereocenters. The molecule has 0 saturated carbocycles. The molecule has 0 aromatic carbocycles. The largest absolute Gasteiger partial charge is 0.444 e. The number of alkyl halides is 1. The standard InChI is InChI=1S/C14H25BrN2O2/c1-13(2,3)19-12(18)16-9-14(4,10-16)17-7-5-11(15)6-8-17/h11H,5-10H2,1-4H3. The quantitative estimate of drug-likeness (QED) is 0.692. The normalized spacial score (nSPS) is 25.0. The predicted octanol–water partition coefficient (Wildman–Crippen LogP) is 2.86. The number of carbonyl (C=O) groups excluding carboxylic acids is 1. The summed E-state index contributed by atoms with van der Waals surface area (Å²) < 4.78 is 5.40. The maximum Gasteiger partial charge on any atom is 0.410 e. The van der Waals surface area contributed by atoms with Crippen LogP contribution < -0.4 is 0 Å². The van der Waals surface area contributed by atoms with Crippen molar-refractivity contribution in [1.29, 1.82) is 0 Å². The van der Waals surface area contributed by atoms with Crippen LogP contribution in [0.25, 0.3) is 0 Å². The van der Waals surface area contributed by atoms with Crippen molar-refractivity contribution in [3.63, 3.8) is 0 Å². The van der Waals surface area contributed by atoms with Crippen LogP contribution >= 0.6 is 15.9 Å². The molecule has 2 rings (SSSR count). The van der Waals surface area contributed by atoms with Gasteiger partial charge in [0.1, 0.15) is 5.60 Å². The summed E-state index contributed by atoms with van der Waals surface area (Å²) in [6.07, 6.45) is 2.21. The summed E-state index contributed by atoms with van der Waals surface area (Å²) in [4.78, 5) is 16.9. The minimum absolute atomic E-state index is 0.143. The van der Waals surface area contributed by atoms with Crippen molar-refractivity contribution in [3.8, 4) is 0 Å². The van der Waals surface area contributed by atoms with Gasteiger partial charge in [0.15, 0.2) is 0 Å². The fraction of sp³-hybridized carbons (Fsp3) is 0.929. The van der Waals surface area contributed by atoms with E-state index in [0.29, 0.717) is 4.83 Å². The van der Waals surface area contributed by atoms with Crippen molar-refractivity contribution < 1.29 is 9.53 Å². The summed E-state index contributed by atoms with van der Waals surface area (Å²) in [6, 6.07) is 0. The number of nitrogens with zero attached hydrogens (tertiary/aromatic N) is 2. The number of ether oxygens (including phenoxy) is 1. The van der Waals surface area contributed by atoms with E-state index in [1.807, 2.05) is 25.7 Å². The van der Waals surface area contributed by atoms with Gasteiger partial charge in [0.05, 0.1) is 5.54 Å². The molecule has 0 N–H and O–H groups in total. The third kappa shape index (κ3) is 3.63. The van der Waals surface area contributed by atoms with E-state index in [9.17, 15) is 4.79 Å². The number of piperidine rings is 1. The van der Waals surface area contributed by atoms with Crippen molar-refractivity contribution in [1.82, 2.24) is 9.80 Å². The zero-order chi connectivity index (χ0) is 14.3. The molecular weight excluding hydrogens is 308 g/mol. The van der Waals surface area contributed by atoms with Crippen LogP contribution in [0.3, 0.4) is 0 Å². The molecule has 0 atom stereocenters. The lowest BCUT2D eigenvalue weighted by Crippen LogP contribution is -2.70. The Morgan fingerprint density at radius 1 is 1.26 bits per heavy atom. The maximum atomic E-state index is 11.9. The number of hydrogen-bond acceptors (Lipinski definition) is 3. The molecule has 2 fully saturated rings. The van der Waals surface area contributed by atoms with Crippen LogP contribution in [0.1, 0.15) is 40.5 Å². The van der Waals surface area contributed by atoms with Crippen molar-refractivity contribution in [3.05, 3.63) is 0 Å².